The van der Waals surface area contributed by atoms with E-state index in [0.717, 1.165) is 22.4 Å². The molecule has 132 valence electrons. The predicted molar refractivity (Wildman–Crippen MR) is 98.4 cm³/mol. The van der Waals surface area contributed by atoms with Crippen LogP contribution in [0, 0.1) is 19.7 Å². The largest absolute Gasteiger partial charge is 0.489 e. The molecule has 0 aliphatic heterocycles. The number of rotatable bonds is 5. The zero-order valence-electron chi connectivity index (χ0n) is 14.6. The number of ether oxygens (including phenoxy) is 1. The van der Waals surface area contributed by atoms with Crippen molar-refractivity contribution in [2.45, 2.75) is 20.5 Å². The van der Waals surface area contributed by atoms with E-state index in [-0.39, 0.29) is 5.82 Å². The first kappa shape index (κ1) is 17.6. The van der Waals surface area contributed by atoms with Crippen LogP contribution in [0.2, 0.25) is 0 Å². The third kappa shape index (κ3) is 3.88. The van der Waals surface area contributed by atoms with Gasteiger partial charge in [0, 0.05) is 17.3 Å². The summed E-state index contributed by atoms with van der Waals surface area (Å²) < 4.78 is 19.1. The lowest BCUT2D eigenvalue weighted by atomic mass is 10.0. The van der Waals surface area contributed by atoms with Gasteiger partial charge in [-0.25, -0.2) is 4.39 Å². The molecule has 1 amide bonds. The van der Waals surface area contributed by atoms with Gasteiger partial charge in [0.15, 0.2) is 0 Å². The number of carbonyl (C=O) groups is 1. The number of amides is 1. The Morgan fingerprint density at radius 1 is 1.08 bits per heavy atom. The molecule has 2 N–H and O–H groups in total. The summed E-state index contributed by atoms with van der Waals surface area (Å²) in [7, 11) is 0. The molecule has 0 radical (unpaired) electrons. The van der Waals surface area contributed by atoms with Crippen LogP contribution in [0.25, 0.3) is 11.3 Å². The Morgan fingerprint density at radius 2 is 1.88 bits per heavy atom. The highest BCUT2D eigenvalue weighted by Crippen LogP contribution is 2.22. The van der Waals surface area contributed by atoms with Crippen LogP contribution in [0.15, 0.2) is 54.7 Å². The van der Waals surface area contributed by atoms with Crippen molar-refractivity contribution in [3.05, 3.63) is 82.8 Å². The molecule has 4 nitrogen and oxygen atoms in total. The van der Waals surface area contributed by atoms with Crippen LogP contribution in [-0.2, 0) is 6.61 Å². The van der Waals surface area contributed by atoms with Crippen LogP contribution in [-0.4, -0.2) is 10.9 Å². The molecule has 0 fully saturated rings. The number of pyridine rings is 1. The summed E-state index contributed by atoms with van der Waals surface area (Å²) in [5.74, 6) is -0.0824. The smallest absolute Gasteiger partial charge is 0.248 e. The van der Waals surface area contributed by atoms with Gasteiger partial charge >= 0.3 is 0 Å². The maximum Gasteiger partial charge on any atom is 0.248 e. The van der Waals surface area contributed by atoms with Crippen LogP contribution in [0.3, 0.4) is 0 Å². The molecule has 5 heteroatoms. The standard InChI is InChI=1S/C21H19FN2O2/c1-13-9-16(3-5-18(13)21(23)25)20-11-15(7-8-24-20)12-26-17-4-6-19(22)14(2)10-17/h3-11H,12H2,1-2H3,(H2,23,25). The molecule has 3 aromatic rings. The highest BCUT2D eigenvalue weighted by atomic mass is 19.1. The highest BCUT2D eigenvalue weighted by molar-refractivity contribution is 5.94. The van der Waals surface area contributed by atoms with E-state index in [1.807, 2.05) is 31.2 Å². The Morgan fingerprint density at radius 3 is 2.58 bits per heavy atom. The monoisotopic (exact) mass is 350 g/mol. The summed E-state index contributed by atoms with van der Waals surface area (Å²) in [6.07, 6.45) is 1.71. The molecule has 26 heavy (non-hydrogen) atoms. The SMILES string of the molecule is Cc1cc(OCc2ccnc(-c3ccc(C(N)=O)c(C)c3)c2)ccc1F. The number of hydrogen-bond acceptors (Lipinski definition) is 3. The van der Waals surface area contributed by atoms with Gasteiger partial charge in [0.2, 0.25) is 5.91 Å². The van der Waals surface area contributed by atoms with Gasteiger partial charge in [-0.3, -0.25) is 9.78 Å². The Hall–Kier alpha value is -3.21. The molecular formula is C21H19FN2O2. The molecule has 0 atom stereocenters. The minimum absolute atomic E-state index is 0.252. The first-order chi connectivity index (χ1) is 12.4. The fraction of sp³-hybridized carbons (Fsp3) is 0.143. The van der Waals surface area contributed by atoms with Gasteiger partial charge in [-0.2, -0.15) is 0 Å². The zero-order chi connectivity index (χ0) is 18.7. The average molecular weight is 350 g/mol. The Kier molecular flexibility index (Phi) is 4.98. The summed E-state index contributed by atoms with van der Waals surface area (Å²) in [6.45, 7) is 3.89. The molecule has 0 spiro atoms. The molecule has 0 aliphatic carbocycles. The summed E-state index contributed by atoms with van der Waals surface area (Å²) in [5, 5.41) is 0. The number of aromatic nitrogens is 1. The third-order valence-corrected chi connectivity index (χ3v) is 4.15. The molecular weight excluding hydrogens is 331 g/mol. The molecule has 1 heterocycles. The fourth-order valence-corrected chi connectivity index (χ4v) is 2.70. The van der Waals surface area contributed by atoms with Crippen molar-refractivity contribution in [3.8, 4) is 17.0 Å². The van der Waals surface area contributed by atoms with Crippen LogP contribution in [0.1, 0.15) is 27.0 Å². The Labute approximate surface area is 151 Å². The number of nitrogens with two attached hydrogens (primary N) is 1. The molecule has 0 unspecified atom stereocenters. The maximum atomic E-state index is 13.3. The molecule has 0 aliphatic rings. The van der Waals surface area contributed by atoms with Gasteiger partial charge in [-0.15, -0.1) is 0 Å². The number of nitrogens with zero attached hydrogens (tertiary/aromatic N) is 1. The summed E-state index contributed by atoms with van der Waals surface area (Å²) >= 11 is 0. The lowest BCUT2D eigenvalue weighted by Crippen LogP contribution is -2.12. The summed E-state index contributed by atoms with van der Waals surface area (Å²) in [6, 6.07) is 13.9. The van der Waals surface area contributed by atoms with Crippen molar-refractivity contribution in [2.75, 3.05) is 0 Å². The topological polar surface area (TPSA) is 65.2 Å². The number of hydrogen-bond donors (Lipinski definition) is 1. The lowest BCUT2D eigenvalue weighted by molar-refractivity contribution is 0.0999. The van der Waals surface area contributed by atoms with Crippen molar-refractivity contribution in [3.63, 3.8) is 0 Å². The van der Waals surface area contributed by atoms with Crippen LogP contribution in [0.4, 0.5) is 4.39 Å². The van der Waals surface area contributed by atoms with Gasteiger partial charge in [-0.1, -0.05) is 6.07 Å². The van der Waals surface area contributed by atoms with E-state index < -0.39 is 5.91 Å². The predicted octanol–water partition coefficient (Wildman–Crippen LogP) is 4.18. The summed E-state index contributed by atoms with van der Waals surface area (Å²) in [5.41, 5.74) is 9.81. The van der Waals surface area contributed by atoms with E-state index in [0.29, 0.717) is 23.5 Å². The lowest BCUT2D eigenvalue weighted by Gasteiger charge is -2.10. The molecule has 0 saturated heterocycles. The highest BCUT2D eigenvalue weighted by Gasteiger charge is 2.08. The van der Waals surface area contributed by atoms with E-state index in [1.54, 1.807) is 31.3 Å². The van der Waals surface area contributed by atoms with Crippen molar-refractivity contribution >= 4 is 5.91 Å². The van der Waals surface area contributed by atoms with Gasteiger partial charge in [0.05, 0.1) is 5.69 Å². The molecule has 3 rings (SSSR count). The van der Waals surface area contributed by atoms with Crippen LogP contribution < -0.4 is 10.5 Å². The van der Waals surface area contributed by atoms with Gasteiger partial charge in [-0.05, 0) is 73.0 Å². The van der Waals surface area contributed by atoms with E-state index in [1.165, 1.54) is 6.07 Å². The fourth-order valence-electron chi connectivity index (χ4n) is 2.70. The van der Waals surface area contributed by atoms with E-state index in [2.05, 4.69) is 4.98 Å². The molecule has 0 bridgehead atoms. The normalized spacial score (nSPS) is 10.6. The third-order valence-electron chi connectivity index (χ3n) is 4.15. The zero-order valence-corrected chi connectivity index (χ0v) is 14.6. The quantitative estimate of drug-likeness (QED) is 0.751. The Balaban J connectivity index is 1.78. The number of aryl methyl sites for hydroxylation is 2. The number of halogens is 1. The molecule has 0 saturated carbocycles. The van der Waals surface area contributed by atoms with Gasteiger partial charge < -0.3 is 10.5 Å². The Bertz CT molecular complexity index is 970. The number of carbonyl (C=O) groups excluding carboxylic acids is 1. The van der Waals surface area contributed by atoms with Crippen molar-refractivity contribution in [2.24, 2.45) is 5.73 Å². The van der Waals surface area contributed by atoms with E-state index in [9.17, 15) is 9.18 Å². The number of benzene rings is 2. The molecule has 2 aromatic carbocycles. The van der Waals surface area contributed by atoms with E-state index >= 15 is 0 Å². The van der Waals surface area contributed by atoms with Gasteiger partial charge in [0.25, 0.3) is 0 Å². The van der Waals surface area contributed by atoms with Crippen molar-refractivity contribution in [1.82, 2.24) is 4.98 Å². The van der Waals surface area contributed by atoms with E-state index in [4.69, 9.17) is 10.5 Å². The molecule has 1 aromatic heterocycles. The van der Waals surface area contributed by atoms with Gasteiger partial charge in [0.1, 0.15) is 18.2 Å². The van der Waals surface area contributed by atoms with Crippen molar-refractivity contribution < 1.29 is 13.9 Å². The minimum atomic E-state index is -0.446. The van der Waals surface area contributed by atoms with Crippen LogP contribution >= 0.6 is 0 Å². The second-order valence-corrected chi connectivity index (χ2v) is 6.14. The maximum absolute atomic E-state index is 13.3. The van der Waals surface area contributed by atoms with Crippen molar-refractivity contribution in [1.29, 1.82) is 0 Å². The van der Waals surface area contributed by atoms with Crippen LogP contribution in [0.5, 0.6) is 5.75 Å². The first-order valence-corrected chi connectivity index (χ1v) is 8.19. The second kappa shape index (κ2) is 7.35. The first-order valence-electron chi connectivity index (χ1n) is 8.19. The summed E-state index contributed by atoms with van der Waals surface area (Å²) in [4.78, 5) is 15.7. The number of primary amides is 1. The minimum Gasteiger partial charge on any atom is -0.489 e. The average Bonchev–Trinajstić information content (AvgIpc) is 2.62. The second-order valence-electron chi connectivity index (χ2n) is 6.14.